The van der Waals surface area contributed by atoms with Crippen LogP contribution in [-0.4, -0.2) is 95.5 Å². The average Bonchev–Trinajstić information content (AvgIpc) is 2.94. The maximum atomic E-state index is 12.1. The van der Waals surface area contributed by atoms with Gasteiger partial charge in [0.1, 0.15) is 39.6 Å². The van der Waals surface area contributed by atoms with Gasteiger partial charge in [-0.25, -0.2) is 28.8 Å². The van der Waals surface area contributed by atoms with Gasteiger partial charge in [-0.15, -0.1) is 0 Å². The van der Waals surface area contributed by atoms with E-state index in [1.807, 2.05) is 0 Å². The molecule has 0 heterocycles. The lowest BCUT2D eigenvalue weighted by Crippen LogP contribution is -2.43. The monoisotopic (exact) mass is 557 g/mol. The number of carbonyl (C=O) groups is 6. The first kappa shape index (κ1) is 34.4. The lowest BCUT2D eigenvalue weighted by molar-refractivity contribution is -0.138. The molecule has 0 spiro atoms. The first-order chi connectivity index (χ1) is 18.6. The van der Waals surface area contributed by atoms with Gasteiger partial charge in [-0.1, -0.05) is 26.7 Å². The molecular weight excluding hydrogens is 522 g/mol. The van der Waals surface area contributed by atoms with E-state index in [9.17, 15) is 28.8 Å². The minimum atomic E-state index is -1.15. The van der Waals surface area contributed by atoms with Crippen molar-refractivity contribution in [2.24, 2.45) is 5.41 Å². The fourth-order valence-corrected chi connectivity index (χ4v) is 2.33. The van der Waals surface area contributed by atoms with Crippen LogP contribution < -0.4 is 16.0 Å². The summed E-state index contributed by atoms with van der Waals surface area (Å²) in [5.74, 6) is -1.96. The molecule has 3 amide bonds. The Morgan fingerprint density at radius 1 is 0.564 bits per heavy atom. The molecule has 15 heteroatoms. The van der Waals surface area contributed by atoms with E-state index in [1.165, 1.54) is 0 Å². The Bertz CT molecular complexity index is 767. The number of ether oxygens (including phenoxy) is 6. The van der Waals surface area contributed by atoms with Crippen molar-refractivity contribution in [1.29, 1.82) is 0 Å². The molecule has 0 bridgehead atoms. The third-order valence-corrected chi connectivity index (χ3v) is 4.63. The van der Waals surface area contributed by atoms with E-state index in [0.717, 1.165) is 18.2 Å². The second-order valence-corrected chi connectivity index (χ2v) is 7.48. The molecule has 0 radical (unpaired) electrons. The third kappa shape index (κ3) is 17.5. The van der Waals surface area contributed by atoms with Gasteiger partial charge in [0.2, 0.25) is 0 Å². The molecule has 0 aromatic heterocycles. The largest absolute Gasteiger partial charge is 0.461 e. The molecular formula is C24H35N3O12. The number of rotatable bonds is 19. The van der Waals surface area contributed by atoms with Gasteiger partial charge in [0.25, 0.3) is 0 Å². The predicted octanol–water partition coefficient (Wildman–Crippen LogP) is 0.749. The highest BCUT2D eigenvalue weighted by Gasteiger charge is 2.34. The van der Waals surface area contributed by atoms with E-state index in [0.29, 0.717) is 0 Å². The van der Waals surface area contributed by atoms with Gasteiger partial charge in [0.05, 0.1) is 25.0 Å². The summed E-state index contributed by atoms with van der Waals surface area (Å²) in [5, 5.41) is 7.13. The number of amides is 3. The molecule has 218 valence electrons. The average molecular weight is 558 g/mol. The van der Waals surface area contributed by atoms with Crippen LogP contribution in [0.25, 0.3) is 0 Å². The zero-order valence-corrected chi connectivity index (χ0v) is 21.8. The molecule has 0 aliphatic heterocycles. The Hall–Kier alpha value is -4.56. The summed E-state index contributed by atoms with van der Waals surface area (Å²) in [6.07, 6.45) is 0.593. The molecule has 0 aromatic carbocycles. The van der Waals surface area contributed by atoms with Crippen LogP contribution in [0.15, 0.2) is 38.0 Å². The molecule has 0 aliphatic carbocycles. The topological polar surface area (TPSA) is 194 Å². The fourth-order valence-electron chi connectivity index (χ4n) is 2.33. The molecule has 0 fully saturated rings. The SMILES string of the molecule is C=CC(=O)OCCNC(=O)OCC(CC)(COC(=O)NCCOC(=O)C=C)COC(=O)NCCOC(=O)C=C. The van der Waals surface area contributed by atoms with Gasteiger partial charge < -0.3 is 44.4 Å². The summed E-state index contributed by atoms with van der Waals surface area (Å²) in [5.41, 5.74) is -1.15. The third-order valence-electron chi connectivity index (χ3n) is 4.63. The van der Waals surface area contributed by atoms with Gasteiger partial charge in [-0.2, -0.15) is 0 Å². The lowest BCUT2D eigenvalue weighted by Gasteiger charge is -2.31. The molecule has 0 rings (SSSR count). The van der Waals surface area contributed by atoms with E-state index in [-0.39, 0.29) is 65.7 Å². The Morgan fingerprint density at radius 3 is 1.08 bits per heavy atom. The van der Waals surface area contributed by atoms with Crippen LogP contribution in [0.1, 0.15) is 13.3 Å². The van der Waals surface area contributed by atoms with Gasteiger partial charge in [0, 0.05) is 18.2 Å². The Kier molecular flexibility index (Phi) is 18.1. The van der Waals surface area contributed by atoms with Crippen molar-refractivity contribution >= 4 is 36.2 Å². The van der Waals surface area contributed by atoms with Gasteiger partial charge in [-0.3, -0.25) is 0 Å². The summed E-state index contributed by atoms with van der Waals surface area (Å²) in [7, 11) is 0. The van der Waals surface area contributed by atoms with Crippen LogP contribution in [0.3, 0.4) is 0 Å². The molecule has 15 nitrogen and oxygen atoms in total. The molecule has 3 N–H and O–H groups in total. The second-order valence-electron chi connectivity index (χ2n) is 7.48. The number of carbonyl (C=O) groups excluding carboxylic acids is 6. The summed E-state index contributed by atoms with van der Waals surface area (Å²) in [4.78, 5) is 69.3. The number of esters is 3. The summed E-state index contributed by atoms with van der Waals surface area (Å²) < 4.78 is 29.8. The summed E-state index contributed by atoms with van der Waals surface area (Å²) in [6.45, 7) is 10.0. The first-order valence-corrected chi connectivity index (χ1v) is 11.7. The van der Waals surface area contributed by atoms with Crippen LogP contribution in [0.2, 0.25) is 0 Å². The predicted molar refractivity (Wildman–Crippen MR) is 134 cm³/mol. The molecule has 0 aliphatic rings. The Morgan fingerprint density at radius 2 is 0.846 bits per heavy atom. The number of nitrogens with one attached hydrogen (secondary N) is 3. The number of hydrogen-bond donors (Lipinski definition) is 3. The van der Waals surface area contributed by atoms with Crippen LogP contribution in [0.5, 0.6) is 0 Å². The molecule has 0 atom stereocenters. The van der Waals surface area contributed by atoms with Crippen molar-refractivity contribution in [3.05, 3.63) is 38.0 Å². The van der Waals surface area contributed by atoms with Crippen molar-refractivity contribution in [3.8, 4) is 0 Å². The van der Waals surface area contributed by atoms with E-state index in [1.54, 1.807) is 6.92 Å². The maximum absolute atomic E-state index is 12.1. The van der Waals surface area contributed by atoms with Crippen molar-refractivity contribution in [2.75, 3.05) is 59.3 Å². The highest BCUT2D eigenvalue weighted by molar-refractivity contribution is 5.81. The van der Waals surface area contributed by atoms with Crippen LogP contribution in [0, 0.1) is 5.41 Å². The summed E-state index contributed by atoms with van der Waals surface area (Å²) in [6, 6.07) is 0. The van der Waals surface area contributed by atoms with Gasteiger partial charge >= 0.3 is 36.2 Å². The molecule has 0 aromatic rings. The normalized spacial score (nSPS) is 10.1. The van der Waals surface area contributed by atoms with E-state index in [4.69, 9.17) is 28.4 Å². The number of alkyl carbamates (subject to hydrolysis) is 3. The lowest BCUT2D eigenvalue weighted by atomic mass is 9.88. The van der Waals surface area contributed by atoms with Crippen molar-refractivity contribution in [1.82, 2.24) is 16.0 Å². The second kappa shape index (κ2) is 20.5. The smallest absolute Gasteiger partial charge is 0.407 e. The Labute approximate surface area is 225 Å². The van der Waals surface area contributed by atoms with E-state index < -0.39 is 41.6 Å². The highest BCUT2D eigenvalue weighted by atomic mass is 16.6. The van der Waals surface area contributed by atoms with Crippen LogP contribution >= 0.6 is 0 Å². The van der Waals surface area contributed by atoms with Crippen molar-refractivity contribution in [3.63, 3.8) is 0 Å². The van der Waals surface area contributed by atoms with Gasteiger partial charge in [-0.05, 0) is 6.42 Å². The standard InChI is InChI=1S/C24H35N3O12/c1-5-18(28)34-12-9-25-21(31)37-15-24(8-4,16-38-22(32)26-10-13-35-19(29)6-2)17-39-23(33)27-11-14-36-20(30)7-3/h5-7H,1-3,8-17H2,4H3,(H,25,31)(H,26,32)(H,27,33). The first-order valence-electron chi connectivity index (χ1n) is 11.7. The van der Waals surface area contributed by atoms with Crippen LogP contribution in [0.4, 0.5) is 14.4 Å². The quantitative estimate of drug-likeness (QED) is 0.0874. The van der Waals surface area contributed by atoms with Crippen LogP contribution in [-0.2, 0) is 42.8 Å². The highest BCUT2D eigenvalue weighted by Crippen LogP contribution is 2.24. The molecule has 0 saturated heterocycles. The number of hydrogen-bond acceptors (Lipinski definition) is 12. The minimum absolute atomic E-state index is 0.0395. The van der Waals surface area contributed by atoms with E-state index in [2.05, 4.69) is 35.7 Å². The van der Waals surface area contributed by atoms with E-state index >= 15 is 0 Å². The minimum Gasteiger partial charge on any atom is -0.461 e. The maximum Gasteiger partial charge on any atom is 0.407 e. The molecule has 39 heavy (non-hydrogen) atoms. The summed E-state index contributed by atoms with van der Waals surface area (Å²) >= 11 is 0. The zero-order chi connectivity index (χ0) is 29.5. The Balaban J connectivity index is 4.93. The fraction of sp³-hybridized carbons (Fsp3) is 0.500. The van der Waals surface area contributed by atoms with Gasteiger partial charge in [0.15, 0.2) is 0 Å². The van der Waals surface area contributed by atoms with Crippen molar-refractivity contribution < 1.29 is 57.2 Å². The molecule has 0 saturated carbocycles. The molecule has 0 unspecified atom stereocenters. The zero-order valence-electron chi connectivity index (χ0n) is 21.8. The van der Waals surface area contributed by atoms with Crippen molar-refractivity contribution in [2.45, 2.75) is 13.3 Å².